The van der Waals surface area contributed by atoms with Gasteiger partial charge in [0.15, 0.2) is 0 Å². The number of likely N-dealkylation sites (tertiary alicyclic amines) is 1. The largest absolute Gasteiger partial charge is 0.497 e. The minimum atomic E-state index is -0.258. The molecule has 2 saturated heterocycles. The third kappa shape index (κ3) is 3.50. The SMILES string of the molecule is COc1ccc2c(c1)CCOC21CCN(C(=O)[C@H]2CC[C@H](c3ccccc3)N2)CC1. The molecule has 5 nitrogen and oxygen atoms in total. The molecule has 0 aromatic heterocycles. The van der Waals surface area contributed by atoms with E-state index in [-0.39, 0.29) is 23.6 Å². The molecule has 2 aromatic rings. The first-order chi connectivity index (χ1) is 14.7. The van der Waals surface area contributed by atoms with Crippen molar-refractivity contribution in [1.29, 1.82) is 0 Å². The number of nitrogens with zero attached hydrogens (tertiary/aromatic N) is 1. The second kappa shape index (κ2) is 8.05. The van der Waals surface area contributed by atoms with Crippen molar-refractivity contribution < 1.29 is 14.3 Å². The van der Waals surface area contributed by atoms with E-state index in [9.17, 15) is 4.79 Å². The molecular formula is C25H30N2O3. The molecule has 30 heavy (non-hydrogen) atoms. The second-order valence-corrected chi connectivity index (χ2v) is 8.70. The number of carbonyl (C=O) groups is 1. The molecule has 1 N–H and O–H groups in total. The average molecular weight is 407 g/mol. The van der Waals surface area contributed by atoms with Crippen LogP contribution in [0.5, 0.6) is 5.75 Å². The maximum Gasteiger partial charge on any atom is 0.239 e. The van der Waals surface area contributed by atoms with Crippen LogP contribution in [-0.2, 0) is 21.6 Å². The van der Waals surface area contributed by atoms with E-state index in [4.69, 9.17) is 9.47 Å². The fourth-order valence-corrected chi connectivity index (χ4v) is 5.39. The monoisotopic (exact) mass is 406 g/mol. The van der Waals surface area contributed by atoms with Crippen molar-refractivity contribution in [3.05, 3.63) is 65.2 Å². The summed E-state index contributed by atoms with van der Waals surface area (Å²) < 4.78 is 11.7. The molecule has 0 saturated carbocycles. The van der Waals surface area contributed by atoms with E-state index in [0.29, 0.717) is 0 Å². The summed E-state index contributed by atoms with van der Waals surface area (Å²) in [5, 5.41) is 3.57. The maximum atomic E-state index is 13.2. The van der Waals surface area contributed by atoms with Gasteiger partial charge in [-0.25, -0.2) is 0 Å². The van der Waals surface area contributed by atoms with Crippen LogP contribution in [0.1, 0.15) is 48.4 Å². The standard InChI is InChI=1S/C25H30N2O3/c1-29-20-7-8-21-19(17-20)11-16-30-25(21)12-14-27(15-13-25)24(28)23-10-9-22(26-23)18-5-3-2-4-6-18/h2-8,17,22-23,26H,9-16H2,1H3/t22-,23-/m1/s1. The van der Waals surface area contributed by atoms with Gasteiger partial charge < -0.3 is 14.4 Å². The summed E-state index contributed by atoms with van der Waals surface area (Å²) in [7, 11) is 1.71. The molecule has 2 fully saturated rings. The summed E-state index contributed by atoms with van der Waals surface area (Å²) in [4.78, 5) is 15.2. The number of piperidine rings is 1. The minimum Gasteiger partial charge on any atom is -0.497 e. The molecule has 3 aliphatic rings. The van der Waals surface area contributed by atoms with Crippen LogP contribution in [0.2, 0.25) is 0 Å². The molecule has 5 rings (SSSR count). The van der Waals surface area contributed by atoms with E-state index in [1.165, 1.54) is 16.7 Å². The Morgan fingerprint density at radius 3 is 2.70 bits per heavy atom. The molecule has 0 bridgehead atoms. The summed E-state index contributed by atoms with van der Waals surface area (Å²) in [6.07, 6.45) is 4.54. The molecule has 0 unspecified atom stereocenters. The van der Waals surface area contributed by atoms with E-state index in [0.717, 1.165) is 57.6 Å². The van der Waals surface area contributed by atoms with Gasteiger partial charge >= 0.3 is 0 Å². The number of ether oxygens (including phenoxy) is 2. The fraction of sp³-hybridized carbons (Fsp3) is 0.480. The summed E-state index contributed by atoms with van der Waals surface area (Å²) in [6, 6.07) is 17.0. The number of methoxy groups -OCH3 is 1. The predicted octanol–water partition coefficient (Wildman–Crippen LogP) is 3.58. The Balaban J connectivity index is 1.24. The first kappa shape index (κ1) is 19.6. The number of rotatable bonds is 3. The topological polar surface area (TPSA) is 50.8 Å². The normalized spacial score (nSPS) is 25.2. The molecular weight excluding hydrogens is 376 g/mol. The van der Waals surface area contributed by atoms with Crippen LogP contribution in [0.4, 0.5) is 0 Å². The zero-order chi connectivity index (χ0) is 20.6. The zero-order valence-electron chi connectivity index (χ0n) is 17.6. The molecule has 1 spiro atoms. The van der Waals surface area contributed by atoms with Crippen molar-refractivity contribution in [2.75, 3.05) is 26.8 Å². The highest BCUT2D eigenvalue weighted by molar-refractivity contribution is 5.82. The summed E-state index contributed by atoms with van der Waals surface area (Å²) in [6.45, 7) is 2.23. The Bertz CT molecular complexity index is 906. The summed E-state index contributed by atoms with van der Waals surface area (Å²) in [5.41, 5.74) is 3.62. The molecule has 5 heteroatoms. The van der Waals surface area contributed by atoms with Crippen LogP contribution in [-0.4, -0.2) is 43.7 Å². The van der Waals surface area contributed by atoms with Crippen molar-refractivity contribution in [2.24, 2.45) is 0 Å². The molecule has 0 aliphatic carbocycles. The van der Waals surface area contributed by atoms with Gasteiger partial charge in [0.2, 0.25) is 5.91 Å². The summed E-state index contributed by atoms with van der Waals surface area (Å²) >= 11 is 0. The first-order valence-electron chi connectivity index (χ1n) is 11.1. The second-order valence-electron chi connectivity index (χ2n) is 8.70. The van der Waals surface area contributed by atoms with Crippen LogP contribution >= 0.6 is 0 Å². The van der Waals surface area contributed by atoms with E-state index in [1.54, 1.807) is 7.11 Å². The van der Waals surface area contributed by atoms with Crippen molar-refractivity contribution in [2.45, 2.75) is 49.8 Å². The van der Waals surface area contributed by atoms with E-state index < -0.39 is 0 Å². The quantitative estimate of drug-likeness (QED) is 0.847. The third-order valence-corrected chi connectivity index (χ3v) is 7.08. The van der Waals surface area contributed by atoms with Crippen LogP contribution in [0, 0.1) is 0 Å². The van der Waals surface area contributed by atoms with Gasteiger partial charge in [0.05, 0.1) is 25.4 Å². The predicted molar refractivity (Wildman–Crippen MR) is 115 cm³/mol. The van der Waals surface area contributed by atoms with Crippen LogP contribution in [0.25, 0.3) is 0 Å². The van der Waals surface area contributed by atoms with Crippen LogP contribution in [0.3, 0.4) is 0 Å². The van der Waals surface area contributed by atoms with Gasteiger partial charge in [-0.15, -0.1) is 0 Å². The van der Waals surface area contributed by atoms with Crippen LogP contribution in [0.15, 0.2) is 48.5 Å². The number of amides is 1. The molecule has 0 radical (unpaired) electrons. The molecule has 3 heterocycles. The van der Waals surface area contributed by atoms with Crippen molar-refractivity contribution >= 4 is 5.91 Å². The Kier molecular flexibility index (Phi) is 5.25. The van der Waals surface area contributed by atoms with Crippen LogP contribution < -0.4 is 10.1 Å². The van der Waals surface area contributed by atoms with Crippen molar-refractivity contribution in [3.8, 4) is 5.75 Å². The number of fused-ring (bicyclic) bond motifs is 2. The minimum absolute atomic E-state index is 0.0759. The zero-order valence-corrected chi connectivity index (χ0v) is 17.6. The lowest BCUT2D eigenvalue weighted by atomic mass is 9.79. The van der Waals surface area contributed by atoms with Gasteiger partial charge in [-0.05, 0) is 60.9 Å². The molecule has 2 aromatic carbocycles. The highest BCUT2D eigenvalue weighted by atomic mass is 16.5. The number of nitrogens with one attached hydrogen (secondary N) is 1. The van der Waals surface area contributed by atoms with E-state index in [1.807, 2.05) is 17.0 Å². The lowest BCUT2D eigenvalue weighted by Crippen LogP contribution is -2.52. The van der Waals surface area contributed by atoms with Gasteiger partial charge in [0, 0.05) is 19.1 Å². The maximum absolute atomic E-state index is 13.2. The summed E-state index contributed by atoms with van der Waals surface area (Å²) in [5.74, 6) is 1.15. The van der Waals surface area contributed by atoms with Crippen molar-refractivity contribution in [3.63, 3.8) is 0 Å². The molecule has 2 atom stereocenters. The van der Waals surface area contributed by atoms with Gasteiger partial charge in [-0.3, -0.25) is 10.1 Å². The van der Waals surface area contributed by atoms with Gasteiger partial charge in [-0.2, -0.15) is 0 Å². The average Bonchev–Trinajstić information content (AvgIpc) is 3.30. The number of benzene rings is 2. The van der Waals surface area contributed by atoms with Crippen molar-refractivity contribution in [1.82, 2.24) is 10.2 Å². The smallest absolute Gasteiger partial charge is 0.239 e. The first-order valence-corrected chi connectivity index (χ1v) is 11.1. The van der Waals surface area contributed by atoms with Gasteiger partial charge in [0.1, 0.15) is 5.75 Å². The molecule has 3 aliphatic heterocycles. The highest BCUT2D eigenvalue weighted by Crippen LogP contribution is 2.42. The molecule has 1 amide bonds. The fourth-order valence-electron chi connectivity index (χ4n) is 5.39. The number of carbonyl (C=O) groups excluding carboxylic acids is 1. The lowest BCUT2D eigenvalue weighted by Gasteiger charge is -2.45. The third-order valence-electron chi connectivity index (χ3n) is 7.08. The molecule has 158 valence electrons. The number of hydrogen-bond donors (Lipinski definition) is 1. The van der Waals surface area contributed by atoms with E-state index in [2.05, 4.69) is 41.7 Å². The lowest BCUT2D eigenvalue weighted by molar-refractivity contribution is -0.142. The Morgan fingerprint density at radius 1 is 1.13 bits per heavy atom. The van der Waals surface area contributed by atoms with Gasteiger partial charge in [-0.1, -0.05) is 36.4 Å². The Morgan fingerprint density at radius 2 is 1.93 bits per heavy atom. The van der Waals surface area contributed by atoms with Gasteiger partial charge in [0.25, 0.3) is 0 Å². The Labute approximate surface area is 178 Å². The highest BCUT2D eigenvalue weighted by Gasteiger charge is 2.43. The Hall–Kier alpha value is -2.37. The van der Waals surface area contributed by atoms with E-state index >= 15 is 0 Å². The number of hydrogen-bond acceptors (Lipinski definition) is 4.